The third kappa shape index (κ3) is 2.33. The van der Waals surface area contributed by atoms with E-state index >= 15 is 0 Å². The van der Waals surface area contributed by atoms with Crippen molar-refractivity contribution in [2.45, 2.75) is 6.16 Å². The van der Waals surface area contributed by atoms with Crippen LogP contribution in [0, 0.1) is 0 Å². The van der Waals surface area contributed by atoms with Gasteiger partial charge in [-0.15, -0.1) is 0 Å². The van der Waals surface area contributed by atoms with Crippen LogP contribution in [0.1, 0.15) is 5.56 Å². The van der Waals surface area contributed by atoms with E-state index in [1.807, 2.05) is 11.9 Å². The Morgan fingerprint density at radius 2 is 2.00 bits per heavy atom. The van der Waals surface area contributed by atoms with E-state index in [1.54, 1.807) is 0 Å². The van der Waals surface area contributed by atoms with E-state index in [9.17, 15) is 0 Å². The molecule has 0 aromatic heterocycles. The maximum absolute atomic E-state index is 3.69. The highest BCUT2D eigenvalue weighted by molar-refractivity contribution is 7.40. The van der Waals surface area contributed by atoms with Gasteiger partial charge in [0.15, 0.2) is 0 Å². The Hall–Kier alpha value is -0.610. The fraction of sp³-hybridized carbons (Fsp3) is 0.111. The number of hydrogen-bond donors (Lipinski definition) is 0. The molecule has 0 amide bonds. The number of rotatable bonds is 3. The Morgan fingerprint density at radius 1 is 1.30 bits per heavy atom. The van der Waals surface area contributed by atoms with E-state index in [-0.39, 0.29) is 0 Å². The lowest BCUT2D eigenvalue weighted by Gasteiger charge is -1.94. The van der Waals surface area contributed by atoms with E-state index < -0.39 is 0 Å². The zero-order valence-corrected chi connectivity index (χ0v) is 6.88. The Labute approximate surface area is 63.8 Å². The van der Waals surface area contributed by atoms with Crippen LogP contribution in [0.4, 0.5) is 0 Å². The SMILES string of the molecule is C=CPCc1ccccc1. The zero-order chi connectivity index (χ0) is 7.23. The summed E-state index contributed by atoms with van der Waals surface area (Å²) < 4.78 is 0. The molecular weight excluding hydrogens is 139 g/mol. The topological polar surface area (TPSA) is 0 Å². The molecule has 1 heteroatoms. The summed E-state index contributed by atoms with van der Waals surface area (Å²) >= 11 is 0. The molecule has 1 aromatic carbocycles. The highest BCUT2D eigenvalue weighted by Gasteiger charge is 1.85. The van der Waals surface area contributed by atoms with Crippen LogP contribution in [0.15, 0.2) is 42.7 Å². The Balaban J connectivity index is 2.50. The first-order valence-electron chi connectivity index (χ1n) is 3.31. The molecule has 1 unspecified atom stereocenters. The first-order valence-corrected chi connectivity index (χ1v) is 4.60. The third-order valence-corrected chi connectivity index (χ3v) is 2.19. The highest BCUT2D eigenvalue weighted by Crippen LogP contribution is 2.17. The van der Waals surface area contributed by atoms with Gasteiger partial charge in [-0.3, -0.25) is 0 Å². The summed E-state index contributed by atoms with van der Waals surface area (Å²) in [5.74, 6) is 1.98. The average Bonchev–Trinajstić information content (AvgIpc) is 2.03. The van der Waals surface area contributed by atoms with Crippen LogP contribution in [0.2, 0.25) is 0 Å². The Bertz CT molecular complexity index is 191. The van der Waals surface area contributed by atoms with Gasteiger partial charge in [-0.05, 0) is 11.7 Å². The van der Waals surface area contributed by atoms with Crippen molar-refractivity contribution in [3.05, 3.63) is 48.3 Å². The summed E-state index contributed by atoms with van der Waals surface area (Å²) in [5, 5.41) is 0. The molecule has 0 fully saturated rings. The summed E-state index contributed by atoms with van der Waals surface area (Å²) in [7, 11) is 0.856. The lowest BCUT2D eigenvalue weighted by atomic mass is 10.2. The quantitative estimate of drug-likeness (QED) is 0.581. The molecule has 0 saturated carbocycles. The fourth-order valence-electron chi connectivity index (χ4n) is 0.786. The minimum atomic E-state index is 0.856. The van der Waals surface area contributed by atoms with E-state index in [0.717, 1.165) is 14.7 Å². The Morgan fingerprint density at radius 3 is 2.60 bits per heavy atom. The lowest BCUT2D eigenvalue weighted by molar-refractivity contribution is 1.41. The van der Waals surface area contributed by atoms with Crippen molar-refractivity contribution >= 4 is 8.58 Å². The molecule has 1 aromatic rings. The second kappa shape index (κ2) is 4.24. The molecule has 0 aliphatic rings. The molecule has 0 N–H and O–H groups in total. The maximum atomic E-state index is 3.69. The standard InChI is InChI=1S/C9H11P/c1-2-10-8-9-6-4-3-5-7-9/h2-7,10H,1,8H2. The van der Waals surface area contributed by atoms with Crippen LogP contribution in [-0.4, -0.2) is 0 Å². The van der Waals surface area contributed by atoms with Gasteiger partial charge in [0.05, 0.1) is 0 Å². The molecular formula is C9H11P. The van der Waals surface area contributed by atoms with Gasteiger partial charge in [-0.1, -0.05) is 51.3 Å². The monoisotopic (exact) mass is 150 g/mol. The van der Waals surface area contributed by atoms with Crippen LogP contribution in [0.25, 0.3) is 0 Å². The van der Waals surface area contributed by atoms with Crippen LogP contribution < -0.4 is 0 Å². The molecule has 0 spiro atoms. The minimum absolute atomic E-state index is 0.856. The molecule has 0 bridgehead atoms. The first kappa shape index (κ1) is 7.50. The molecule has 0 nitrogen and oxygen atoms in total. The second-order valence-corrected chi connectivity index (χ2v) is 3.24. The van der Waals surface area contributed by atoms with Crippen LogP contribution in [-0.2, 0) is 6.16 Å². The van der Waals surface area contributed by atoms with Gasteiger partial charge in [0, 0.05) is 0 Å². The van der Waals surface area contributed by atoms with Crippen molar-refractivity contribution in [2.24, 2.45) is 0 Å². The molecule has 1 atom stereocenters. The maximum Gasteiger partial charge on any atom is -0.00661 e. The Kier molecular flexibility index (Phi) is 3.18. The number of benzene rings is 1. The van der Waals surface area contributed by atoms with Crippen molar-refractivity contribution in [3.8, 4) is 0 Å². The van der Waals surface area contributed by atoms with Crippen molar-refractivity contribution in [1.29, 1.82) is 0 Å². The van der Waals surface area contributed by atoms with Gasteiger partial charge in [0.25, 0.3) is 0 Å². The lowest BCUT2D eigenvalue weighted by Crippen LogP contribution is -1.73. The third-order valence-electron chi connectivity index (χ3n) is 1.29. The zero-order valence-electron chi connectivity index (χ0n) is 5.88. The van der Waals surface area contributed by atoms with Gasteiger partial charge in [0.2, 0.25) is 0 Å². The first-order chi connectivity index (χ1) is 4.93. The highest BCUT2D eigenvalue weighted by atomic mass is 31.1. The van der Waals surface area contributed by atoms with E-state index in [4.69, 9.17) is 0 Å². The molecule has 0 saturated heterocycles. The predicted octanol–water partition coefficient (Wildman–Crippen LogP) is 3.01. The number of hydrogen-bond acceptors (Lipinski definition) is 0. The van der Waals surface area contributed by atoms with Crippen LogP contribution in [0.3, 0.4) is 0 Å². The molecule has 52 valence electrons. The van der Waals surface area contributed by atoms with Crippen molar-refractivity contribution in [2.75, 3.05) is 0 Å². The van der Waals surface area contributed by atoms with Crippen molar-refractivity contribution < 1.29 is 0 Å². The smallest absolute Gasteiger partial charge is 0.00661 e. The van der Waals surface area contributed by atoms with Gasteiger partial charge in [0.1, 0.15) is 0 Å². The second-order valence-electron chi connectivity index (χ2n) is 2.07. The summed E-state index contributed by atoms with van der Waals surface area (Å²) in [6, 6.07) is 10.5. The van der Waals surface area contributed by atoms with Crippen molar-refractivity contribution in [3.63, 3.8) is 0 Å². The molecule has 1 rings (SSSR count). The van der Waals surface area contributed by atoms with Gasteiger partial charge >= 0.3 is 0 Å². The molecule has 0 heterocycles. The summed E-state index contributed by atoms with van der Waals surface area (Å²) in [4.78, 5) is 0. The van der Waals surface area contributed by atoms with Gasteiger partial charge in [-0.2, -0.15) is 0 Å². The van der Waals surface area contributed by atoms with E-state index in [2.05, 4.69) is 30.8 Å². The van der Waals surface area contributed by atoms with Crippen LogP contribution >= 0.6 is 8.58 Å². The van der Waals surface area contributed by atoms with Crippen LogP contribution in [0.5, 0.6) is 0 Å². The largest absolute Gasteiger partial charge is 0.0988 e. The van der Waals surface area contributed by atoms with E-state index in [0.29, 0.717) is 0 Å². The molecule has 0 aliphatic heterocycles. The summed E-state index contributed by atoms with van der Waals surface area (Å²) in [6.45, 7) is 3.69. The average molecular weight is 150 g/mol. The molecule has 0 radical (unpaired) electrons. The van der Waals surface area contributed by atoms with E-state index in [1.165, 1.54) is 5.56 Å². The van der Waals surface area contributed by atoms with Gasteiger partial charge in [-0.25, -0.2) is 0 Å². The van der Waals surface area contributed by atoms with Gasteiger partial charge < -0.3 is 0 Å². The fourth-order valence-corrected chi connectivity index (χ4v) is 1.40. The summed E-state index contributed by atoms with van der Waals surface area (Å²) in [5.41, 5.74) is 1.40. The molecule has 10 heavy (non-hydrogen) atoms. The normalized spacial score (nSPS) is 10.4. The van der Waals surface area contributed by atoms with Crippen molar-refractivity contribution in [1.82, 2.24) is 0 Å². The predicted molar refractivity (Wildman–Crippen MR) is 48.7 cm³/mol. The molecule has 0 aliphatic carbocycles. The minimum Gasteiger partial charge on any atom is -0.0988 e. The summed E-state index contributed by atoms with van der Waals surface area (Å²) in [6.07, 6.45) is 1.14.